The molecule has 1 atom stereocenters. The maximum Gasteiger partial charge on any atom is 0.329 e. The summed E-state index contributed by atoms with van der Waals surface area (Å²) in [6, 6.07) is 18.9. The van der Waals surface area contributed by atoms with E-state index in [1.54, 1.807) is 57.2 Å². The molecule has 204 valence electrons. The number of anilines is 2. The quantitative estimate of drug-likeness (QED) is 0.221. The Bertz CT molecular complexity index is 1570. The van der Waals surface area contributed by atoms with Crippen molar-refractivity contribution in [3.8, 4) is 0 Å². The van der Waals surface area contributed by atoms with Crippen molar-refractivity contribution >= 4 is 44.3 Å². The molecule has 39 heavy (non-hydrogen) atoms. The number of amides is 2. The molecule has 0 spiro atoms. The number of aromatic nitrogens is 1. The molecule has 0 aliphatic heterocycles. The van der Waals surface area contributed by atoms with Gasteiger partial charge in [0.15, 0.2) is 0 Å². The normalized spacial score (nSPS) is 12.5. The van der Waals surface area contributed by atoms with Gasteiger partial charge in [0.2, 0.25) is 0 Å². The van der Waals surface area contributed by atoms with Crippen molar-refractivity contribution in [3.63, 3.8) is 0 Å². The fraction of sp³-hybridized carbons (Fsp3) is 0.241. The topological polar surface area (TPSA) is 129 Å². The van der Waals surface area contributed by atoms with Gasteiger partial charge in [-0.3, -0.25) is 4.72 Å². The molecule has 0 bridgehead atoms. The van der Waals surface area contributed by atoms with Gasteiger partial charge in [0.05, 0.1) is 4.90 Å². The number of hydrogen-bond donors (Lipinski definition) is 4. The van der Waals surface area contributed by atoms with Gasteiger partial charge in [0.1, 0.15) is 11.6 Å². The lowest BCUT2D eigenvalue weighted by atomic mass is 10.0. The Morgan fingerprint density at radius 1 is 0.923 bits per heavy atom. The Hall–Kier alpha value is -4.31. The number of sulfonamides is 1. The van der Waals surface area contributed by atoms with Crippen molar-refractivity contribution in [2.45, 2.75) is 50.7 Å². The SMILES string of the molecule is Cc1ccc(S(=O)(=O)Nc2ccc(NC(=O)N[C@@H](Cc3c[nH]c4ccccc34)C(=O)OC(C)(C)C)cc2)cc1. The average Bonchev–Trinajstić information content (AvgIpc) is 3.27. The summed E-state index contributed by atoms with van der Waals surface area (Å²) in [7, 11) is -3.75. The van der Waals surface area contributed by atoms with Crippen LogP contribution in [0.1, 0.15) is 31.9 Å². The Labute approximate surface area is 228 Å². The number of urea groups is 1. The van der Waals surface area contributed by atoms with E-state index < -0.39 is 33.7 Å². The molecule has 0 unspecified atom stereocenters. The van der Waals surface area contributed by atoms with E-state index in [4.69, 9.17) is 4.74 Å². The van der Waals surface area contributed by atoms with Crippen molar-refractivity contribution in [1.29, 1.82) is 0 Å². The summed E-state index contributed by atoms with van der Waals surface area (Å²) in [5, 5.41) is 6.37. The van der Waals surface area contributed by atoms with Gasteiger partial charge in [-0.1, -0.05) is 35.9 Å². The molecule has 1 heterocycles. The molecule has 0 saturated heterocycles. The molecule has 3 aromatic carbocycles. The highest BCUT2D eigenvalue weighted by atomic mass is 32.2. The first kappa shape index (κ1) is 27.7. The summed E-state index contributed by atoms with van der Waals surface area (Å²) < 4.78 is 33.4. The van der Waals surface area contributed by atoms with Crippen LogP contribution in [0.4, 0.5) is 16.2 Å². The van der Waals surface area contributed by atoms with Gasteiger partial charge < -0.3 is 20.4 Å². The number of aromatic amines is 1. The van der Waals surface area contributed by atoms with Gasteiger partial charge in [-0.15, -0.1) is 0 Å². The maximum absolute atomic E-state index is 13.0. The van der Waals surface area contributed by atoms with Crippen LogP contribution in [-0.4, -0.2) is 37.0 Å². The Morgan fingerprint density at radius 2 is 1.56 bits per heavy atom. The monoisotopic (exact) mass is 548 g/mol. The van der Waals surface area contributed by atoms with Gasteiger partial charge in [-0.25, -0.2) is 18.0 Å². The Kier molecular flexibility index (Phi) is 7.96. The van der Waals surface area contributed by atoms with Crippen LogP contribution in [0.5, 0.6) is 0 Å². The number of H-pyrrole nitrogens is 1. The average molecular weight is 549 g/mol. The summed E-state index contributed by atoms with van der Waals surface area (Å²) >= 11 is 0. The van der Waals surface area contributed by atoms with Gasteiger partial charge in [-0.05, 0) is 75.7 Å². The molecule has 4 rings (SSSR count). The second-order valence-electron chi connectivity index (χ2n) is 10.2. The van der Waals surface area contributed by atoms with Crippen LogP contribution in [0.3, 0.4) is 0 Å². The standard InChI is InChI=1S/C29H32N4O5S/c1-19-9-15-23(16-10-19)39(36,37)33-22-13-11-21(12-14-22)31-28(35)32-26(27(34)38-29(2,3)4)17-20-18-30-25-8-6-5-7-24(20)25/h5-16,18,26,30,33H,17H2,1-4H3,(H2,31,32,35)/t26-/m0/s1. The molecule has 0 saturated carbocycles. The van der Waals surface area contributed by atoms with Crippen LogP contribution >= 0.6 is 0 Å². The number of aryl methyl sites for hydroxylation is 1. The molecule has 0 aliphatic rings. The van der Waals surface area contributed by atoms with Gasteiger partial charge in [0.25, 0.3) is 10.0 Å². The van der Waals surface area contributed by atoms with Gasteiger partial charge in [0, 0.05) is 34.9 Å². The molecule has 4 aromatic rings. The van der Waals surface area contributed by atoms with Crippen molar-refractivity contribution < 1.29 is 22.7 Å². The zero-order valence-corrected chi connectivity index (χ0v) is 23.1. The van der Waals surface area contributed by atoms with Gasteiger partial charge >= 0.3 is 12.0 Å². The van der Waals surface area contributed by atoms with E-state index in [9.17, 15) is 18.0 Å². The highest BCUT2D eigenvalue weighted by molar-refractivity contribution is 7.92. The maximum atomic E-state index is 13.0. The molecule has 10 heteroatoms. The van der Waals surface area contributed by atoms with Crippen molar-refractivity contribution in [2.24, 2.45) is 0 Å². The third-order valence-corrected chi connectivity index (χ3v) is 7.22. The number of carbonyl (C=O) groups is 2. The minimum Gasteiger partial charge on any atom is -0.458 e. The minimum absolute atomic E-state index is 0.151. The second kappa shape index (κ2) is 11.2. The summed E-state index contributed by atoms with van der Waals surface area (Å²) in [6.45, 7) is 7.18. The van der Waals surface area contributed by atoms with E-state index in [1.165, 1.54) is 12.1 Å². The minimum atomic E-state index is -3.75. The number of fused-ring (bicyclic) bond motifs is 1. The molecular formula is C29H32N4O5S. The van der Waals surface area contributed by atoms with Crippen molar-refractivity contribution in [1.82, 2.24) is 10.3 Å². The lowest BCUT2D eigenvalue weighted by Crippen LogP contribution is -2.47. The number of ether oxygens (including phenoxy) is 1. The summed E-state index contributed by atoms with van der Waals surface area (Å²) in [5.74, 6) is -0.552. The van der Waals surface area contributed by atoms with E-state index >= 15 is 0 Å². The van der Waals surface area contributed by atoms with Crippen molar-refractivity contribution in [2.75, 3.05) is 10.0 Å². The van der Waals surface area contributed by atoms with E-state index in [2.05, 4.69) is 20.3 Å². The first-order valence-corrected chi connectivity index (χ1v) is 13.9. The lowest BCUT2D eigenvalue weighted by Gasteiger charge is -2.24. The fourth-order valence-corrected chi connectivity index (χ4v) is 5.02. The van der Waals surface area contributed by atoms with Crippen LogP contribution in [-0.2, 0) is 26.0 Å². The van der Waals surface area contributed by atoms with E-state index in [0.29, 0.717) is 11.4 Å². The lowest BCUT2D eigenvalue weighted by molar-refractivity contribution is -0.157. The number of hydrogen-bond acceptors (Lipinski definition) is 5. The highest BCUT2D eigenvalue weighted by Gasteiger charge is 2.28. The Balaban J connectivity index is 1.43. The molecular weight excluding hydrogens is 516 g/mol. The van der Waals surface area contributed by atoms with E-state index in [-0.39, 0.29) is 11.3 Å². The predicted octanol–water partition coefficient (Wildman–Crippen LogP) is 5.35. The molecule has 4 N–H and O–H groups in total. The predicted molar refractivity (Wildman–Crippen MR) is 152 cm³/mol. The highest BCUT2D eigenvalue weighted by Crippen LogP contribution is 2.21. The number of para-hydroxylation sites is 1. The fourth-order valence-electron chi connectivity index (χ4n) is 3.97. The number of rotatable bonds is 8. The van der Waals surface area contributed by atoms with Crippen LogP contribution in [0.25, 0.3) is 10.9 Å². The number of carbonyl (C=O) groups excluding carboxylic acids is 2. The largest absolute Gasteiger partial charge is 0.458 e. The van der Waals surface area contributed by atoms with Crippen LogP contribution in [0, 0.1) is 6.92 Å². The first-order chi connectivity index (χ1) is 18.4. The van der Waals surface area contributed by atoms with Crippen molar-refractivity contribution in [3.05, 3.63) is 90.1 Å². The third-order valence-electron chi connectivity index (χ3n) is 5.82. The summed E-state index contributed by atoms with van der Waals surface area (Å²) in [6.07, 6.45) is 2.05. The number of esters is 1. The number of benzene rings is 3. The second-order valence-corrected chi connectivity index (χ2v) is 11.9. The smallest absolute Gasteiger partial charge is 0.329 e. The number of nitrogens with one attached hydrogen (secondary N) is 4. The molecule has 0 aliphatic carbocycles. The molecule has 1 aromatic heterocycles. The molecule has 0 fully saturated rings. The zero-order valence-electron chi connectivity index (χ0n) is 22.2. The summed E-state index contributed by atoms with van der Waals surface area (Å²) in [4.78, 5) is 29.2. The molecule has 2 amide bonds. The van der Waals surface area contributed by atoms with E-state index in [1.807, 2.05) is 37.4 Å². The van der Waals surface area contributed by atoms with Crippen LogP contribution in [0.2, 0.25) is 0 Å². The third kappa shape index (κ3) is 7.38. The molecule has 0 radical (unpaired) electrons. The van der Waals surface area contributed by atoms with Crippen LogP contribution < -0.4 is 15.4 Å². The Morgan fingerprint density at radius 3 is 2.23 bits per heavy atom. The van der Waals surface area contributed by atoms with E-state index in [0.717, 1.165) is 22.0 Å². The van der Waals surface area contributed by atoms with Crippen LogP contribution in [0.15, 0.2) is 83.9 Å². The molecule has 9 nitrogen and oxygen atoms in total. The summed E-state index contributed by atoms with van der Waals surface area (Å²) in [5.41, 5.74) is 2.78. The zero-order chi connectivity index (χ0) is 28.2. The van der Waals surface area contributed by atoms with Gasteiger partial charge in [-0.2, -0.15) is 0 Å². The first-order valence-electron chi connectivity index (χ1n) is 12.4.